The highest BCUT2D eigenvalue weighted by molar-refractivity contribution is 6.31. The molecule has 1 aliphatic rings. The van der Waals surface area contributed by atoms with Crippen molar-refractivity contribution in [1.82, 2.24) is 15.1 Å². The van der Waals surface area contributed by atoms with E-state index < -0.39 is 41.6 Å². The molecule has 0 bridgehead atoms. The second-order valence-corrected chi connectivity index (χ2v) is 7.44. The first-order chi connectivity index (χ1) is 14.2. The van der Waals surface area contributed by atoms with E-state index in [0.717, 1.165) is 4.90 Å². The van der Waals surface area contributed by atoms with E-state index in [4.69, 9.17) is 11.6 Å². The third kappa shape index (κ3) is 3.87. The lowest BCUT2D eigenvalue weighted by molar-refractivity contribution is -0.138. The predicted molar refractivity (Wildman–Crippen MR) is 106 cm³/mol. The van der Waals surface area contributed by atoms with E-state index in [2.05, 4.69) is 5.32 Å². The van der Waals surface area contributed by atoms with E-state index in [-0.39, 0.29) is 23.6 Å². The van der Waals surface area contributed by atoms with Crippen molar-refractivity contribution in [3.05, 3.63) is 70.2 Å². The van der Waals surface area contributed by atoms with Gasteiger partial charge in [0.05, 0.1) is 0 Å². The number of urea groups is 1. The zero-order valence-electron chi connectivity index (χ0n) is 16.4. The standard InChI is InChI=1S/C21H20ClF2N3O3/c1-3-21(13-7-9-14(23)10-8-13)19(29)27(20(30)25-21)12-18(28)26(2)11-15-16(22)5-4-6-17(15)24/h4-10H,3,11-12H2,1-2H3,(H,25,30). The summed E-state index contributed by atoms with van der Waals surface area (Å²) in [6.45, 7) is 1.07. The van der Waals surface area contributed by atoms with E-state index in [0.29, 0.717) is 5.56 Å². The second-order valence-electron chi connectivity index (χ2n) is 7.04. The fourth-order valence-electron chi connectivity index (χ4n) is 3.41. The first-order valence-corrected chi connectivity index (χ1v) is 9.64. The average Bonchev–Trinajstić information content (AvgIpc) is 2.96. The van der Waals surface area contributed by atoms with Gasteiger partial charge in [-0.3, -0.25) is 14.5 Å². The number of imide groups is 1. The fraction of sp³-hybridized carbons (Fsp3) is 0.286. The fourth-order valence-corrected chi connectivity index (χ4v) is 3.63. The summed E-state index contributed by atoms with van der Waals surface area (Å²) in [6.07, 6.45) is 0.217. The van der Waals surface area contributed by atoms with Crippen LogP contribution in [-0.4, -0.2) is 41.2 Å². The second kappa shape index (κ2) is 8.39. The minimum absolute atomic E-state index is 0.120. The summed E-state index contributed by atoms with van der Waals surface area (Å²) in [5.41, 5.74) is -0.814. The number of nitrogens with zero attached hydrogens (tertiary/aromatic N) is 2. The quantitative estimate of drug-likeness (QED) is 0.707. The van der Waals surface area contributed by atoms with Crippen molar-refractivity contribution in [2.45, 2.75) is 25.4 Å². The maximum absolute atomic E-state index is 14.0. The van der Waals surface area contributed by atoms with E-state index in [1.54, 1.807) is 6.92 Å². The number of amides is 4. The zero-order valence-corrected chi connectivity index (χ0v) is 17.2. The van der Waals surface area contributed by atoms with Crippen molar-refractivity contribution in [2.75, 3.05) is 13.6 Å². The molecule has 158 valence electrons. The number of benzene rings is 2. The highest BCUT2D eigenvalue weighted by Crippen LogP contribution is 2.32. The highest BCUT2D eigenvalue weighted by Gasteiger charge is 2.51. The van der Waals surface area contributed by atoms with Crippen LogP contribution >= 0.6 is 11.6 Å². The third-order valence-electron chi connectivity index (χ3n) is 5.22. The third-order valence-corrected chi connectivity index (χ3v) is 5.57. The van der Waals surface area contributed by atoms with E-state index >= 15 is 0 Å². The molecule has 9 heteroatoms. The molecule has 1 aliphatic heterocycles. The summed E-state index contributed by atoms with van der Waals surface area (Å²) in [7, 11) is 1.43. The Morgan fingerprint density at radius 2 is 1.83 bits per heavy atom. The molecule has 1 N–H and O–H groups in total. The van der Waals surface area contributed by atoms with Crippen LogP contribution < -0.4 is 5.32 Å². The summed E-state index contributed by atoms with van der Waals surface area (Å²) in [4.78, 5) is 40.2. The van der Waals surface area contributed by atoms with Crippen molar-refractivity contribution >= 4 is 29.4 Å². The Kier molecular flexibility index (Phi) is 6.07. The summed E-state index contributed by atoms with van der Waals surface area (Å²) >= 11 is 6.00. The van der Waals surface area contributed by atoms with Crippen LogP contribution in [0.3, 0.4) is 0 Å². The predicted octanol–water partition coefficient (Wildman–Crippen LogP) is 3.43. The van der Waals surface area contributed by atoms with Gasteiger partial charge in [0.2, 0.25) is 5.91 Å². The molecule has 3 rings (SSSR count). The molecule has 0 aromatic heterocycles. The lowest BCUT2D eigenvalue weighted by atomic mass is 9.87. The van der Waals surface area contributed by atoms with Crippen LogP contribution in [0.2, 0.25) is 5.02 Å². The van der Waals surface area contributed by atoms with Crippen molar-refractivity contribution in [3.63, 3.8) is 0 Å². The monoisotopic (exact) mass is 435 g/mol. The number of carbonyl (C=O) groups is 3. The minimum atomic E-state index is -1.38. The summed E-state index contributed by atoms with van der Waals surface area (Å²) in [6, 6.07) is 8.72. The molecular formula is C21H20ClF2N3O3. The highest BCUT2D eigenvalue weighted by atomic mass is 35.5. The normalized spacial score (nSPS) is 18.5. The number of nitrogens with one attached hydrogen (secondary N) is 1. The zero-order chi connectivity index (χ0) is 22.1. The Morgan fingerprint density at radius 3 is 2.43 bits per heavy atom. The van der Waals surface area contributed by atoms with Gasteiger partial charge in [0.15, 0.2) is 0 Å². The summed E-state index contributed by atoms with van der Waals surface area (Å²) in [5.74, 6) is -2.20. The van der Waals surface area contributed by atoms with Gasteiger partial charge in [-0.25, -0.2) is 13.6 Å². The summed E-state index contributed by atoms with van der Waals surface area (Å²) < 4.78 is 27.3. The van der Waals surface area contributed by atoms with E-state index in [1.807, 2.05) is 0 Å². The number of halogens is 3. The Labute approximate surface area is 177 Å². The van der Waals surface area contributed by atoms with Crippen molar-refractivity contribution in [3.8, 4) is 0 Å². The van der Waals surface area contributed by atoms with Gasteiger partial charge in [0.25, 0.3) is 5.91 Å². The lowest BCUT2D eigenvalue weighted by Gasteiger charge is -2.26. The van der Waals surface area contributed by atoms with E-state index in [1.165, 1.54) is 54.4 Å². The first-order valence-electron chi connectivity index (χ1n) is 9.26. The van der Waals surface area contributed by atoms with Gasteiger partial charge in [-0.15, -0.1) is 0 Å². The first kappa shape index (κ1) is 21.7. The molecule has 1 atom stereocenters. The van der Waals surface area contributed by atoms with Crippen LogP contribution in [0.5, 0.6) is 0 Å². The Balaban J connectivity index is 1.77. The molecule has 1 fully saturated rings. The van der Waals surface area contributed by atoms with Crippen molar-refractivity contribution in [2.24, 2.45) is 0 Å². The number of hydrogen-bond donors (Lipinski definition) is 1. The van der Waals surface area contributed by atoms with Crippen LogP contribution in [-0.2, 0) is 21.7 Å². The van der Waals surface area contributed by atoms with Gasteiger partial charge in [0.1, 0.15) is 23.7 Å². The SMILES string of the molecule is CCC1(c2ccc(F)cc2)NC(=O)N(CC(=O)N(C)Cc2c(F)cccc2Cl)C1=O. The molecule has 2 aromatic carbocycles. The lowest BCUT2D eigenvalue weighted by Crippen LogP contribution is -2.45. The number of likely N-dealkylation sites (N-methyl/N-ethyl adjacent to an activating group) is 1. The Bertz CT molecular complexity index is 979. The molecule has 0 saturated carbocycles. The molecule has 4 amide bonds. The maximum Gasteiger partial charge on any atom is 0.325 e. The van der Waals surface area contributed by atoms with E-state index in [9.17, 15) is 23.2 Å². The van der Waals surface area contributed by atoms with Crippen LogP contribution in [0.4, 0.5) is 13.6 Å². The van der Waals surface area contributed by atoms with Crippen LogP contribution in [0, 0.1) is 11.6 Å². The van der Waals surface area contributed by atoms with Gasteiger partial charge >= 0.3 is 6.03 Å². The number of carbonyl (C=O) groups excluding carboxylic acids is 3. The number of hydrogen-bond acceptors (Lipinski definition) is 3. The van der Waals surface area contributed by atoms with Gasteiger partial charge in [0, 0.05) is 24.2 Å². The van der Waals surface area contributed by atoms with Gasteiger partial charge in [-0.05, 0) is 36.2 Å². The molecule has 1 saturated heterocycles. The summed E-state index contributed by atoms with van der Waals surface area (Å²) in [5, 5.41) is 2.80. The molecule has 2 aromatic rings. The Hall–Kier alpha value is -3.00. The van der Waals surface area contributed by atoms with Gasteiger partial charge in [-0.2, -0.15) is 0 Å². The molecule has 30 heavy (non-hydrogen) atoms. The average molecular weight is 436 g/mol. The Morgan fingerprint density at radius 1 is 1.17 bits per heavy atom. The molecule has 1 unspecified atom stereocenters. The molecule has 0 radical (unpaired) electrons. The molecule has 1 heterocycles. The largest absolute Gasteiger partial charge is 0.340 e. The van der Waals surface area contributed by atoms with Crippen LogP contribution in [0.25, 0.3) is 0 Å². The molecule has 0 aliphatic carbocycles. The molecule has 6 nitrogen and oxygen atoms in total. The molecule has 0 spiro atoms. The van der Waals surface area contributed by atoms with Crippen molar-refractivity contribution < 1.29 is 23.2 Å². The van der Waals surface area contributed by atoms with Crippen LogP contribution in [0.1, 0.15) is 24.5 Å². The minimum Gasteiger partial charge on any atom is -0.340 e. The smallest absolute Gasteiger partial charge is 0.325 e. The molecular weight excluding hydrogens is 416 g/mol. The van der Waals surface area contributed by atoms with Crippen molar-refractivity contribution in [1.29, 1.82) is 0 Å². The topological polar surface area (TPSA) is 69.7 Å². The maximum atomic E-state index is 14.0. The van der Waals surface area contributed by atoms with Crippen LogP contribution in [0.15, 0.2) is 42.5 Å². The van der Waals surface area contributed by atoms with Gasteiger partial charge < -0.3 is 10.2 Å². The number of rotatable bonds is 6. The van der Waals surface area contributed by atoms with Gasteiger partial charge in [-0.1, -0.05) is 36.7 Å².